The van der Waals surface area contributed by atoms with E-state index >= 15 is 0 Å². The molecule has 0 radical (unpaired) electrons. The molecule has 0 aliphatic carbocycles. The largest absolute Gasteiger partial charge is 0.440 e. The molecule has 2 aromatic rings. The molecule has 3 rings (SSSR count). The fourth-order valence-electron chi connectivity index (χ4n) is 3.18. The van der Waals surface area contributed by atoms with Gasteiger partial charge in [-0.2, -0.15) is 0 Å². The van der Waals surface area contributed by atoms with Gasteiger partial charge in [0.05, 0.1) is 5.69 Å². The molecule has 1 aliphatic heterocycles. The van der Waals surface area contributed by atoms with E-state index in [9.17, 15) is 4.79 Å². The van der Waals surface area contributed by atoms with Crippen LogP contribution >= 0.6 is 0 Å². The molecule has 0 bridgehead atoms. The van der Waals surface area contributed by atoms with Gasteiger partial charge in [-0.3, -0.25) is 4.79 Å². The monoisotopic (exact) mass is 313 g/mol. The molecule has 1 aromatic carbocycles. The molecule has 1 aliphatic rings. The Morgan fingerprint density at radius 3 is 2.91 bits per heavy atom. The minimum atomic E-state index is 0.148. The second kappa shape index (κ2) is 6.96. The molecule has 1 saturated heterocycles. The third-order valence-electron chi connectivity index (χ3n) is 4.40. The van der Waals surface area contributed by atoms with Gasteiger partial charge in [0, 0.05) is 37.5 Å². The second-order valence-corrected chi connectivity index (χ2v) is 6.01. The zero-order chi connectivity index (χ0) is 16.2. The number of hydrogen-bond donors (Lipinski definition) is 1. The summed E-state index contributed by atoms with van der Waals surface area (Å²) < 4.78 is 5.86. The van der Waals surface area contributed by atoms with Crippen molar-refractivity contribution in [3.63, 3.8) is 0 Å². The third-order valence-corrected chi connectivity index (χ3v) is 4.40. The lowest BCUT2D eigenvalue weighted by atomic mass is 10.1. The number of carbonyl (C=O) groups is 1. The summed E-state index contributed by atoms with van der Waals surface area (Å²) in [6.07, 6.45) is 3.01. The second-order valence-electron chi connectivity index (χ2n) is 6.01. The Hall–Kier alpha value is -2.14. The van der Waals surface area contributed by atoms with Gasteiger partial charge in [-0.15, -0.1) is 0 Å². The Balaban J connectivity index is 1.64. The summed E-state index contributed by atoms with van der Waals surface area (Å²) in [5, 5.41) is 0. The van der Waals surface area contributed by atoms with Crippen molar-refractivity contribution in [3.8, 4) is 11.3 Å². The summed E-state index contributed by atoms with van der Waals surface area (Å²) in [6, 6.07) is 10.1. The maximum atomic E-state index is 12.4. The van der Waals surface area contributed by atoms with Crippen LogP contribution < -0.4 is 5.73 Å². The smallest absolute Gasteiger partial charge is 0.223 e. The van der Waals surface area contributed by atoms with Crippen LogP contribution in [0.4, 0.5) is 0 Å². The van der Waals surface area contributed by atoms with Crippen molar-refractivity contribution >= 4 is 5.91 Å². The van der Waals surface area contributed by atoms with Crippen molar-refractivity contribution in [1.29, 1.82) is 0 Å². The number of hydrogen-bond acceptors (Lipinski definition) is 4. The van der Waals surface area contributed by atoms with Crippen LogP contribution in [-0.2, 0) is 11.2 Å². The van der Waals surface area contributed by atoms with E-state index in [2.05, 4.69) is 4.98 Å². The van der Waals surface area contributed by atoms with E-state index in [0.29, 0.717) is 25.3 Å². The summed E-state index contributed by atoms with van der Waals surface area (Å²) in [6.45, 7) is 3.30. The van der Waals surface area contributed by atoms with Crippen LogP contribution in [0.3, 0.4) is 0 Å². The summed E-state index contributed by atoms with van der Waals surface area (Å²) in [4.78, 5) is 18.7. The van der Waals surface area contributed by atoms with E-state index < -0.39 is 0 Å². The molecular weight excluding hydrogens is 290 g/mol. The molecule has 1 amide bonds. The Bertz CT molecular complexity index is 666. The number of rotatable bonds is 5. The van der Waals surface area contributed by atoms with E-state index in [1.54, 1.807) is 0 Å². The highest BCUT2D eigenvalue weighted by molar-refractivity contribution is 5.77. The molecule has 5 heteroatoms. The van der Waals surface area contributed by atoms with Crippen LogP contribution in [0.5, 0.6) is 0 Å². The average Bonchev–Trinajstić information content (AvgIpc) is 3.19. The van der Waals surface area contributed by atoms with E-state index in [-0.39, 0.29) is 11.9 Å². The van der Waals surface area contributed by atoms with Gasteiger partial charge >= 0.3 is 0 Å². The molecular formula is C18H23N3O2. The van der Waals surface area contributed by atoms with E-state index in [1.807, 2.05) is 42.2 Å². The van der Waals surface area contributed by atoms with Crippen LogP contribution in [0.2, 0.25) is 0 Å². The topological polar surface area (TPSA) is 72.4 Å². The fraction of sp³-hybridized carbons (Fsp3) is 0.444. The van der Waals surface area contributed by atoms with Crippen LogP contribution in [-0.4, -0.2) is 34.9 Å². The van der Waals surface area contributed by atoms with Gasteiger partial charge in [0.15, 0.2) is 11.7 Å². The van der Waals surface area contributed by atoms with Crippen molar-refractivity contribution in [2.45, 2.75) is 38.6 Å². The Labute approximate surface area is 136 Å². The Morgan fingerprint density at radius 2 is 2.17 bits per heavy atom. The van der Waals surface area contributed by atoms with Gasteiger partial charge in [0.2, 0.25) is 5.91 Å². The first-order valence-corrected chi connectivity index (χ1v) is 8.20. The van der Waals surface area contributed by atoms with Gasteiger partial charge in [0.1, 0.15) is 0 Å². The van der Waals surface area contributed by atoms with Crippen molar-refractivity contribution in [2.75, 3.05) is 13.1 Å². The van der Waals surface area contributed by atoms with Crippen LogP contribution in [0.15, 0.2) is 34.7 Å². The average molecular weight is 313 g/mol. The number of benzene rings is 1. The SMILES string of the molecule is Cc1nc(CCC(=O)N2CCC[C@H]2CN)oc1-c1ccccc1. The number of aromatic nitrogens is 1. The highest BCUT2D eigenvalue weighted by Crippen LogP contribution is 2.25. The lowest BCUT2D eigenvalue weighted by molar-refractivity contribution is -0.131. The number of nitrogens with zero attached hydrogens (tertiary/aromatic N) is 2. The van der Waals surface area contributed by atoms with Crippen LogP contribution in [0.1, 0.15) is 30.8 Å². The molecule has 122 valence electrons. The predicted octanol–water partition coefficient (Wildman–Crippen LogP) is 2.53. The van der Waals surface area contributed by atoms with Crippen LogP contribution in [0.25, 0.3) is 11.3 Å². The zero-order valence-electron chi connectivity index (χ0n) is 13.5. The quantitative estimate of drug-likeness (QED) is 0.920. The molecule has 1 atom stereocenters. The van der Waals surface area contributed by atoms with Gasteiger partial charge < -0.3 is 15.1 Å². The van der Waals surface area contributed by atoms with Gasteiger partial charge in [-0.05, 0) is 19.8 Å². The Kier molecular flexibility index (Phi) is 4.76. The molecule has 23 heavy (non-hydrogen) atoms. The lowest BCUT2D eigenvalue weighted by Crippen LogP contribution is -2.40. The molecule has 2 heterocycles. The maximum Gasteiger partial charge on any atom is 0.223 e. The number of aryl methyl sites for hydroxylation is 2. The van der Waals surface area contributed by atoms with Gasteiger partial charge in [-0.1, -0.05) is 30.3 Å². The lowest BCUT2D eigenvalue weighted by Gasteiger charge is -2.23. The zero-order valence-corrected chi connectivity index (χ0v) is 13.5. The molecule has 5 nitrogen and oxygen atoms in total. The van der Waals surface area contributed by atoms with Crippen molar-refractivity contribution in [2.24, 2.45) is 5.73 Å². The number of nitrogens with two attached hydrogens (primary N) is 1. The molecule has 0 saturated carbocycles. The normalized spacial score (nSPS) is 17.7. The first-order valence-electron chi connectivity index (χ1n) is 8.20. The predicted molar refractivity (Wildman–Crippen MR) is 88.8 cm³/mol. The van der Waals surface area contributed by atoms with Gasteiger partial charge in [-0.25, -0.2) is 4.98 Å². The van der Waals surface area contributed by atoms with Crippen LogP contribution in [0, 0.1) is 6.92 Å². The van der Waals surface area contributed by atoms with E-state index in [0.717, 1.165) is 36.4 Å². The molecule has 1 aromatic heterocycles. The molecule has 0 unspecified atom stereocenters. The molecule has 0 spiro atoms. The standard InChI is InChI=1S/C18H23N3O2/c1-13-18(14-6-3-2-4-7-14)23-16(20-13)9-10-17(22)21-11-5-8-15(21)12-19/h2-4,6-7,15H,5,8-12,19H2,1H3/t15-/m0/s1. The number of oxazole rings is 1. The summed E-state index contributed by atoms with van der Waals surface area (Å²) >= 11 is 0. The summed E-state index contributed by atoms with van der Waals surface area (Å²) in [5.41, 5.74) is 7.60. The summed E-state index contributed by atoms with van der Waals surface area (Å²) in [5.74, 6) is 1.56. The van der Waals surface area contributed by atoms with Crippen molar-refractivity contribution < 1.29 is 9.21 Å². The number of likely N-dealkylation sites (tertiary alicyclic amines) is 1. The molecule has 2 N–H and O–H groups in total. The summed E-state index contributed by atoms with van der Waals surface area (Å²) in [7, 11) is 0. The fourth-order valence-corrected chi connectivity index (χ4v) is 3.18. The third kappa shape index (κ3) is 3.45. The van der Waals surface area contributed by atoms with Gasteiger partial charge in [0.25, 0.3) is 0 Å². The first kappa shape index (κ1) is 15.7. The highest BCUT2D eigenvalue weighted by atomic mass is 16.4. The number of carbonyl (C=O) groups excluding carboxylic acids is 1. The molecule has 1 fully saturated rings. The number of amides is 1. The highest BCUT2D eigenvalue weighted by Gasteiger charge is 2.27. The van der Waals surface area contributed by atoms with Crippen molar-refractivity contribution in [3.05, 3.63) is 41.9 Å². The first-order chi connectivity index (χ1) is 11.2. The van der Waals surface area contributed by atoms with E-state index in [4.69, 9.17) is 10.2 Å². The minimum Gasteiger partial charge on any atom is -0.440 e. The Morgan fingerprint density at radius 1 is 1.39 bits per heavy atom. The van der Waals surface area contributed by atoms with E-state index in [1.165, 1.54) is 0 Å². The minimum absolute atomic E-state index is 0.148. The van der Waals surface area contributed by atoms with Crippen molar-refractivity contribution in [1.82, 2.24) is 9.88 Å². The maximum absolute atomic E-state index is 12.4.